The molecule has 0 unspecified atom stereocenters. The van der Waals surface area contributed by atoms with Crippen LogP contribution in [-0.2, 0) is 27.8 Å². The zero-order valence-electron chi connectivity index (χ0n) is 25.9. The molecule has 0 saturated heterocycles. The number of carbonyl (C=O) groups excluding carboxylic acids is 2. The quantitative estimate of drug-likeness (QED) is 0.0778. The molecule has 1 aliphatic rings. The van der Waals surface area contributed by atoms with Gasteiger partial charge in [0.2, 0.25) is 12.8 Å². The van der Waals surface area contributed by atoms with Crippen molar-refractivity contribution in [3.63, 3.8) is 0 Å². The van der Waals surface area contributed by atoms with Crippen LogP contribution in [0.1, 0.15) is 25.0 Å². The molecule has 7 aromatic rings. The highest BCUT2D eigenvalue weighted by Gasteiger charge is 2.33. The van der Waals surface area contributed by atoms with Gasteiger partial charge in [-0.05, 0) is 89.5 Å². The van der Waals surface area contributed by atoms with Gasteiger partial charge in [0.15, 0.2) is 0 Å². The SMILES string of the molecule is CCOP(=O)(OCC)c1ccc(N(C=O)c2c(N(C=O)c3ccc(P(=O)(O)O)cc3)c3c(c4c5ccc(c6ccccc65)c24)C=C3)cc1. The molecule has 0 heterocycles. The van der Waals surface area contributed by atoms with Crippen LogP contribution in [0.3, 0.4) is 0 Å². The molecule has 0 saturated carbocycles. The molecule has 2 N–H and O–H groups in total. The molecule has 0 radical (unpaired) electrons. The highest BCUT2D eigenvalue weighted by atomic mass is 31.2. The second-order valence-electron chi connectivity index (χ2n) is 11.2. The molecular weight excluding hydrogens is 650 g/mol. The van der Waals surface area contributed by atoms with E-state index in [1.807, 2.05) is 36.4 Å². The first-order valence-electron chi connectivity index (χ1n) is 15.2. The summed E-state index contributed by atoms with van der Waals surface area (Å²) in [6.07, 6.45) is 5.16. The van der Waals surface area contributed by atoms with Gasteiger partial charge in [-0.3, -0.25) is 28.5 Å². The number of hydrogen-bond donors (Lipinski definition) is 2. The maximum atomic E-state index is 13.5. The fraction of sp³-hybridized carbons (Fsp3) is 0.111. The molecule has 10 nitrogen and oxygen atoms in total. The third kappa shape index (κ3) is 4.97. The predicted molar refractivity (Wildman–Crippen MR) is 191 cm³/mol. The summed E-state index contributed by atoms with van der Waals surface area (Å²) < 4.78 is 36.5. The van der Waals surface area contributed by atoms with Crippen molar-refractivity contribution in [3.8, 4) is 0 Å². The van der Waals surface area contributed by atoms with E-state index >= 15 is 0 Å². The number of hydrogen-bond acceptors (Lipinski definition) is 6. The summed E-state index contributed by atoms with van der Waals surface area (Å²) in [5.41, 5.74) is 3.27. The average molecular weight is 681 g/mol. The van der Waals surface area contributed by atoms with E-state index in [1.165, 1.54) is 34.1 Å². The third-order valence-corrected chi connectivity index (χ3v) is 11.7. The molecule has 48 heavy (non-hydrogen) atoms. The fourth-order valence-electron chi connectivity index (χ4n) is 6.54. The molecule has 0 spiro atoms. The lowest BCUT2D eigenvalue weighted by molar-refractivity contribution is -0.107. The van der Waals surface area contributed by atoms with E-state index in [9.17, 15) is 28.5 Å². The van der Waals surface area contributed by atoms with Gasteiger partial charge in [-0.15, -0.1) is 0 Å². The number of anilines is 4. The van der Waals surface area contributed by atoms with E-state index < -0.39 is 15.2 Å². The second-order valence-corrected chi connectivity index (χ2v) is 14.8. The highest BCUT2D eigenvalue weighted by Crippen LogP contribution is 2.55. The molecule has 2 bridgehead atoms. The van der Waals surface area contributed by atoms with E-state index in [2.05, 4.69) is 12.1 Å². The molecule has 1 aliphatic carbocycles. The van der Waals surface area contributed by atoms with Gasteiger partial charge >= 0.3 is 15.2 Å². The lowest BCUT2D eigenvalue weighted by Crippen LogP contribution is -2.24. The van der Waals surface area contributed by atoms with Crippen LogP contribution in [0.5, 0.6) is 0 Å². The lowest BCUT2D eigenvalue weighted by atomic mass is 9.81. The first-order chi connectivity index (χ1) is 23.1. The molecule has 242 valence electrons. The van der Waals surface area contributed by atoms with Gasteiger partial charge in [-0.2, -0.15) is 0 Å². The van der Waals surface area contributed by atoms with Crippen LogP contribution in [0.25, 0.3) is 44.5 Å². The molecule has 0 fully saturated rings. The summed E-state index contributed by atoms with van der Waals surface area (Å²) in [6, 6.07) is 24.1. The number of benzene rings is 7. The predicted octanol–water partition coefficient (Wildman–Crippen LogP) is 7.35. The van der Waals surface area contributed by atoms with Gasteiger partial charge in [-0.25, -0.2) is 0 Å². The number of amides is 2. The third-order valence-electron chi connectivity index (χ3n) is 8.60. The van der Waals surface area contributed by atoms with Gasteiger partial charge in [0, 0.05) is 27.7 Å². The Morgan fingerprint density at radius 3 is 1.54 bits per heavy atom. The first-order valence-corrected chi connectivity index (χ1v) is 18.4. The fourth-order valence-corrected chi connectivity index (χ4v) is 8.65. The molecular formula is C36H30N2O8P2. The number of fused-ring (bicyclic) bond motifs is 2. The van der Waals surface area contributed by atoms with E-state index in [-0.39, 0.29) is 18.5 Å². The Morgan fingerprint density at radius 1 is 0.604 bits per heavy atom. The van der Waals surface area contributed by atoms with Crippen molar-refractivity contribution in [1.29, 1.82) is 0 Å². The van der Waals surface area contributed by atoms with Crippen molar-refractivity contribution < 1.29 is 37.6 Å². The van der Waals surface area contributed by atoms with Crippen LogP contribution in [-0.4, -0.2) is 35.8 Å². The average Bonchev–Trinajstić information content (AvgIpc) is 3.07. The molecule has 2 amide bonds. The first kappa shape index (κ1) is 31.9. The lowest BCUT2D eigenvalue weighted by Gasteiger charge is -2.34. The Bertz CT molecular complexity index is 2340. The van der Waals surface area contributed by atoms with Crippen LogP contribution < -0.4 is 20.4 Å². The number of nitrogens with zero attached hydrogens (tertiary/aromatic N) is 2. The minimum atomic E-state index is -4.53. The largest absolute Gasteiger partial charge is 0.361 e. The normalized spacial score (nSPS) is 12.8. The van der Waals surface area contributed by atoms with Crippen LogP contribution in [0, 0.1) is 0 Å². The van der Waals surface area contributed by atoms with E-state index in [0.717, 1.165) is 43.4 Å². The maximum absolute atomic E-state index is 13.5. The topological polar surface area (TPSA) is 134 Å². The van der Waals surface area contributed by atoms with Crippen molar-refractivity contribution in [2.45, 2.75) is 13.8 Å². The summed E-state index contributed by atoms with van der Waals surface area (Å²) in [6.45, 7) is 3.82. The monoisotopic (exact) mass is 680 g/mol. The minimum Gasteiger partial charge on any atom is -0.321 e. The minimum absolute atomic E-state index is 0.181. The Labute approximate surface area is 275 Å². The van der Waals surface area contributed by atoms with Crippen molar-refractivity contribution in [1.82, 2.24) is 0 Å². The van der Waals surface area contributed by atoms with Gasteiger partial charge in [0.05, 0.1) is 35.2 Å². The van der Waals surface area contributed by atoms with Crippen molar-refractivity contribution in [2.75, 3.05) is 23.0 Å². The van der Waals surface area contributed by atoms with Gasteiger partial charge in [0.25, 0.3) is 0 Å². The molecule has 0 aliphatic heterocycles. The van der Waals surface area contributed by atoms with Gasteiger partial charge in [-0.1, -0.05) is 48.6 Å². The number of carbonyl (C=O) groups is 2. The van der Waals surface area contributed by atoms with Gasteiger partial charge < -0.3 is 18.8 Å². The summed E-state index contributed by atoms with van der Waals surface area (Å²) in [5.74, 6) is 0. The molecule has 0 aromatic heterocycles. The van der Waals surface area contributed by atoms with Crippen LogP contribution in [0.15, 0.2) is 84.9 Å². The zero-order valence-corrected chi connectivity index (χ0v) is 27.7. The number of rotatable bonds is 12. The standard InChI is InChI=1S/C36H30N2O8P2/c1-3-45-48(44,46-4-2)26-15-11-24(12-16-26)38(22-40)36-34-30-18-17-29(27-7-5-6-8-28(27)30)33(34)31-19-20-32(31)35(36)37(21-39)23-9-13-25(14-10-23)47(41,42)43/h5-22H,3-4H2,1-2H3,(H2,41,42,43). The smallest absolute Gasteiger partial charge is 0.321 e. The van der Waals surface area contributed by atoms with Crippen molar-refractivity contribution in [2.24, 2.45) is 0 Å². The van der Waals surface area contributed by atoms with Crippen molar-refractivity contribution >= 4 is 106 Å². The Balaban J connectivity index is 1.52. The van der Waals surface area contributed by atoms with E-state index in [4.69, 9.17) is 9.05 Å². The van der Waals surface area contributed by atoms with Crippen LogP contribution >= 0.6 is 15.2 Å². The summed E-state index contributed by atoms with van der Waals surface area (Å²) in [7, 11) is -8.13. The molecule has 8 rings (SSSR count). The Morgan fingerprint density at radius 2 is 1.08 bits per heavy atom. The molecule has 12 heteroatoms. The highest BCUT2D eigenvalue weighted by molar-refractivity contribution is 7.62. The molecule has 7 aromatic carbocycles. The van der Waals surface area contributed by atoms with Crippen LogP contribution in [0.2, 0.25) is 0 Å². The Hall–Kier alpha value is -4.66. The second kappa shape index (κ2) is 12.1. The maximum Gasteiger partial charge on any atom is 0.361 e. The van der Waals surface area contributed by atoms with E-state index in [1.54, 1.807) is 38.1 Å². The summed E-state index contributed by atoms with van der Waals surface area (Å²) in [5, 5.41) is 5.75. The summed E-state index contributed by atoms with van der Waals surface area (Å²) in [4.78, 5) is 48.5. The van der Waals surface area contributed by atoms with Gasteiger partial charge in [0.1, 0.15) is 0 Å². The summed E-state index contributed by atoms with van der Waals surface area (Å²) >= 11 is 0. The van der Waals surface area contributed by atoms with E-state index in [0.29, 0.717) is 40.9 Å². The zero-order chi connectivity index (χ0) is 33.8. The van der Waals surface area contributed by atoms with Crippen LogP contribution in [0.4, 0.5) is 22.7 Å². The van der Waals surface area contributed by atoms with Crippen molar-refractivity contribution in [3.05, 3.63) is 96.1 Å². The Kier molecular flexibility index (Phi) is 8.04. The molecule has 0 atom stereocenters.